The molecule has 0 radical (unpaired) electrons. The van der Waals surface area contributed by atoms with Crippen molar-refractivity contribution in [1.82, 2.24) is 9.66 Å². The van der Waals surface area contributed by atoms with Gasteiger partial charge in [-0.25, -0.2) is 4.98 Å². The summed E-state index contributed by atoms with van der Waals surface area (Å²) in [7, 11) is 3.16. The third kappa shape index (κ3) is 4.69. The zero-order valence-corrected chi connectivity index (χ0v) is 22.3. The first-order valence-electron chi connectivity index (χ1n) is 11.3. The Balaban J connectivity index is 1.67. The van der Waals surface area contributed by atoms with Gasteiger partial charge in [-0.3, -0.25) is 4.79 Å². The number of rotatable bonds is 8. The highest BCUT2D eigenvalue weighted by atomic mass is 127. The number of benzene rings is 3. The van der Waals surface area contributed by atoms with Gasteiger partial charge in [0.15, 0.2) is 17.3 Å². The standard InChI is InChI=1S/C28H22IN3O5/c1-4-12-36-26-20(29)13-17(14-24(26)35-3)16-30-32-27(31-21-9-6-5-8-18(21)28(32)33)25-15-19-22(34-2)10-7-11-23(19)37-25/h4-11,13-16H,1,12H2,2-3H3. The molecule has 0 saturated heterocycles. The van der Waals surface area contributed by atoms with Crippen LogP contribution in [0.25, 0.3) is 33.5 Å². The van der Waals surface area contributed by atoms with Crippen LogP contribution < -0.4 is 19.8 Å². The lowest BCUT2D eigenvalue weighted by Crippen LogP contribution is -2.20. The molecule has 3 aromatic carbocycles. The van der Waals surface area contributed by atoms with Crippen molar-refractivity contribution >= 4 is 50.7 Å². The summed E-state index contributed by atoms with van der Waals surface area (Å²) in [5, 5.41) is 5.75. The minimum absolute atomic E-state index is 0.269. The number of furan rings is 1. The molecule has 2 heterocycles. The van der Waals surface area contributed by atoms with E-state index in [9.17, 15) is 4.79 Å². The summed E-state index contributed by atoms with van der Waals surface area (Å²) in [5.41, 5.74) is 1.55. The maximum absolute atomic E-state index is 13.5. The Kier molecular flexibility index (Phi) is 6.95. The highest BCUT2D eigenvalue weighted by Gasteiger charge is 2.18. The van der Waals surface area contributed by atoms with Gasteiger partial charge in [0.2, 0.25) is 5.82 Å². The predicted octanol–water partition coefficient (Wildman–Crippen LogP) is 5.88. The molecule has 9 heteroatoms. The Hall–Kier alpha value is -4.12. The van der Waals surface area contributed by atoms with Crippen LogP contribution in [0.2, 0.25) is 0 Å². The van der Waals surface area contributed by atoms with Crippen LogP contribution in [0, 0.1) is 3.57 Å². The number of hydrogen-bond acceptors (Lipinski definition) is 7. The predicted molar refractivity (Wildman–Crippen MR) is 152 cm³/mol. The van der Waals surface area contributed by atoms with Crippen molar-refractivity contribution in [2.45, 2.75) is 0 Å². The highest BCUT2D eigenvalue weighted by molar-refractivity contribution is 14.1. The summed E-state index contributed by atoms with van der Waals surface area (Å²) in [6.07, 6.45) is 3.24. The molecule has 0 amide bonds. The lowest BCUT2D eigenvalue weighted by Gasteiger charge is -2.12. The molecule has 8 nitrogen and oxygen atoms in total. The van der Waals surface area contributed by atoms with Gasteiger partial charge >= 0.3 is 0 Å². The lowest BCUT2D eigenvalue weighted by molar-refractivity contribution is 0.324. The van der Waals surface area contributed by atoms with Crippen LogP contribution in [0.3, 0.4) is 0 Å². The van der Waals surface area contributed by atoms with Crippen LogP contribution in [0.5, 0.6) is 17.2 Å². The molecule has 0 aliphatic heterocycles. The number of para-hydroxylation sites is 1. The summed E-state index contributed by atoms with van der Waals surface area (Å²) < 4.78 is 24.9. The number of nitrogens with zero attached hydrogens (tertiary/aromatic N) is 3. The number of fused-ring (bicyclic) bond motifs is 2. The van der Waals surface area contributed by atoms with Crippen LogP contribution in [0.4, 0.5) is 0 Å². The molecule has 0 aliphatic carbocycles. The maximum Gasteiger partial charge on any atom is 0.282 e. The first kappa shape index (κ1) is 24.6. The summed E-state index contributed by atoms with van der Waals surface area (Å²) in [6.45, 7) is 4.04. The largest absolute Gasteiger partial charge is 0.496 e. The first-order valence-corrected chi connectivity index (χ1v) is 12.4. The molecule has 5 aromatic rings. The Morgan fingerprint density at radius 2 is 1.86 bits per heavy atom. The third-order valence-electron chi connectivity index (χ3n) is 5.64. The molecule has 0 fully saturated rings. The summed E-state index contributed by atoms with van der Waals surface area (Å²) in [5.74, 6) is 2.47. The zero-order valence-electron chi connectivity index (χ0n) is 20.1. The molecule has 0 spiro atoms. The van der Waals surface area contributed by atoms with E-state index in [2.05, 4.69) is 34.3 Å². The minimum atomic E-state index is -0.322. The topological polar surface area (TPSA) is 88.1 Å². The molecular formula is C28H22IN3O5. The number of aromatic nitrogens is 2. The molecular weight excluding hydrogens is 585 g/mol. The quantitative estimate of drug-likeness (QED) is 0.125. The van der Waals surface area contributed by atoms with E-state index in [0.717, 1.165) is 8.96 Å². The average molecular weight is 607 g/mol. The van der Waals surface area contributed by atoms with Crippen LogP contribution >= 0.6 is 22.6 Å². The fourth-order valence-corrected chi connectivity index (χ4v) is 4.71. The molecule has 0 N–H and O–H groups in total. The average Bonchev–Trinajstić information content (AvgIpc) is 3.36. The number of ether oxygens (including phenoxy) is 3. The molecule has 186 valence electrons. The van der Waals surface area contributed by atoms with E-state index in [-0.39, 0.29) is 11.4 Å². The molecule has 0 aliphatic rings. The molecule has 0 unspecified atom stereocenters. The summed E-state index contributed by atoms with van der Waals surface area (Å²) in [4.78, 5) is 18.3. The SMILES string of the molecule is C=CCOc1c(I)cc(C=Nn2c(-c3cc4c(OC)cccc4o3)nc3ccccc3c2=O)cc1OC. The second-order valence-electron chi connectivity index (χ2n) is 7.93. The van der Waals surface area contributed by atoms with E-state index in [4.69, 9.17) is 23.6 Å². The molecule has 0 bridgehead atoms. The van der Waals surface area contributed by atoms with Gasteiger partial charge in [-0.2, -0.15) is 9.78 Å². The van der Waals surface area contributed by atoms with Gasteiger partial charge < -0.3 is 18.6 Å². The van der Waals surface area contributed by atoms with Crippen LogP contribution in [-0.2, 0) is 0 Å². The first-order chi connectivity index (χ1) is 18.0. The number of hydrogen-bond donors (Lipinski definition) is 0. The second kappa shape index (κ2) is 10.5. The number of methoxy groups -OCH3 is 2. The van der Waals surface area contributed by atoms with Crippen molar-refractivity contribution in [3.05, 3.63) is 92.8 Å². The zero-order chi connectivity index (χ0) is 25.9. The second-order valence-corrected chi connectivity index (χ2v) is 9.09. The third-order valence-corrected chi connectivity index (χ3v) is 6.44. The fourth-order valence-electron chi connectivity index (χ4n) is 3.93. The Labute approximate surface area is 225 Å². The molecule has 5 rings (SSSR count). The van der Waals surface area contributed by atoms with Gasteiger partial charge in [0.1, 0.15) is 17.9 Å². The van der Waals surface area contributed by atoms with E-state index in [0.29, 0.717) is 51.7 Å². The normalized spacial score (nSPS) is 11.3. The van der Waals surface area contributed by atoms with Gasteiger partial charge in [-0.15, -0.1) is 0 Å². The number of halogens is 1. The minimum Gasteiger partial charge on any atom is -0.496 e. The maximum atomic E-state index is 13.5. The van der Waals surface area contributed by atoms with Crippen molar-refractivity contribution in [3.8, 4) is 28.8 Å². The summed E-state index contributed by atoms with van der Waals surface area (Å²) >= 11 is 2.17. The lowest BCUT2D eigenvalue weighted by atomic mass is 10.2. The van der Waals surface area contributed by atoms with Gasteiger partial charge in [-0.1, -0.05) is 30.9 Å². The van der Waals surface area contributed by atoms with Gasteiger partial charge in [-0.05, 0) is 70.6 Å². The Morgan fingerprint density at radius 1 is 1.05 bits per heavy atom. The van der Waals surface area contributed by atoms with Crippen molar-refractivity contribution in [1.29, 1.82) is 0 Å². The van der Waals surface area contributed by atoms with E-state index in [1.807, 2.05) is 30.3 Å². The smallest absolute Gasteiger partial charge is 0.282 e. The van der Waals surface area contributed by atoms with Crippen molar-refractivity contribution in [3.63, 3.8) is 0 Å². The van der Waals surface area contributed by atoms with Crippen LogP contribution in [-0.4, -0.2) is 36.7 Å². The van der Waals surface area contributed by atoms with Gasteiger partial charge in [0.05, 0.1) is 40.3 Å². The molecule has 0 saturated carbocycles. The Bertz CT molecular complexity index is 1720. The van der Waals surface area contributed by atoms with E-state index in [1.165, 1.54) is 4.68 Å². The Morgan fingerprint density at radius 3 is 2.65 bits per heavy atom. The van der Waals surface area contributed by atoms with Gasteiger partial charge in [0.25, 0.3) is 5.56 Å². The van der Waals surface area contributed by atoms with Crippen molar-refractivity contribution in [2.24, 2.45) is 5.10 Å². The molecule has 37 heavy (non-hydrogen) atoms. The van der Waals surface area contributed by atoms with Crippen molar-refractivity contribution in [2.75, 3.05) is 20.8 Å². The molecule has 0 atom stereocenters. The fraction of sp³-hybridized carbons (Fsp3) is 0.107. The van der Waals surface area contributed by atoms with E-state index < -0.39 is 0 Å². The van der Waals surface area contributed by atoms with E-state index in [1.54, 1.807) is 56.8 Å². The van der Waals surface area contributed by atoms with Crippen LogP contribution in [0.15, 0.2) is 87.6 Å². The van der Waals surface area contributed by atoms with Crippen LogP contribution in [0.1, 0.15) is 5.56 Å². The van der Waals surface area contributed by atoms with E-state index >= 15 is 0 Å². The molecule has 2 aromatic heterocycles. The highest BCUT2D eigenvalue weighted by Crippen LogP contribution is 2.34. The summed E-state index contributed by atoms with van der Waals surface area (Å²) in [6, 6.07) is 18.1. The van der Waals surface area contributed by atoms with Crippen molar-refractivity contribution < 1.29 is 18.6 Å². The monoisotopic (exact) mass is 607 g/mol. The van der Waals surface area contributed by atoms with Gasteiger partial charge in [0, 0.05) is 0 Å².